The molecule has 1 aliphatic carbocycles. The maximum Gasteiger partial charge on any atom is 0.0539 e. The fourth-order valence-electron chi connectivity index (χ4n) is 1.53. The van der Waals surface area contributed by atoms with E-state index >= 15 is 0 Å². The van der Waals surface area contributed by atoms with Crippen LogP contribution in [0.1, 0.15) is 22.6 Å². The van der Waals surface area contributed by atoms with E-state index in [1.807, 2.05) is 11.3 Å². The van der Waals surface area contributed by atoms with E-state index in [1.165, 1.54) is 27.1 Å². The summed E-state index contributed by atoms with van der Waals surface area (Å²) < 4.78 is 1.27. The van der Waals surface area contributed by atoms with Crippen LogP contribution in [-0.4, -0.2) is 7.05 Å². The molecule has 0 saturated heterocycles. The molecule has 0 aliphatic heterocycles. The zero-order chi connectivity index (χ0) is 8.77. The van der Waals surface area contributed by atoms with Gasteiger partial charge in [-0.25, -0.2) is 0 Å². The molecule has 0 atom stereocenters. The smallest absolute Gasteiger partial charge is 0.0539 e. The summed E-state index contributed by atoms with van der Waals surface area (Å²) in [7, 11) is 2.05. The fraction of sp³-hybridized carbons (Fsp3) is 0.556. The van der Waals surface area contributed by atoms with Crippen molar-refractivity contribution in [2.45, 2.75) is 25.3 Å². The summed E-state index contributed by atoms with van der Waals surface area (Å²) in [6.07, 6.45) is 2.56. The molecule has 0 aromatic carbocycles. The van der Waals surface area contributed by atoms with Crippen LogP contribution in [-0.2, 0) is 5.54 Å². The van der Waals surface area contributed by atoms with E-state index in [4.69, 9.17) is 0 Å². The Morgan fingerprint density at radius 1 is 1.58 bits per heavy atom. The van der Waals surface area contributed by atoms with Gasteiger partial charge in [0.1, 0.15) is 0 Å². The fourth-order valence-corrected chi connectivity index (χ4v) is 3.80. The number of nitrogens with one attached hydrogen (secondary N) is 1. The Kier molecular flexibility index (Phi) is 2.05. The van der Waals surface area contributed by atoms with Crippen molar-refractivity contribution in [3.05, 3.63) is 20.3 Å². The first kappa shape index (κ1) is 8.73. The SMILES string of the molecule is CNC1(c2sc(C)cc2Br)CC1. The van der Waals surface area contributed by atoms with Gasteiger partial charge in [0, 0.05) is 14.2 Å². The van der Waals surface area contributed by atoms with Crippen molar-refractivity contribution in [2.75, 3.05) is 7.05 Å². The largest absolute Gasteiger partial charge is 0.310 e. The van der Waals surface area contributed by atoms with E-state index in [0.29, 0.717) is 5.54 Å². The summed E-state index contributed by atoms with van der Waals surface area (Å²) in [5.41, 5.74) is 0.317. The second-order valence-electron chi connectivity index (χ2n) is 3.37. The average Bonchev–Trinajstić information content (AvgIpc) is 2.74. The molecule has 3 heteroatoms. The Balaban J connectivity index is 2.39. The lowest BCUT2D eigenvalue weighted by Crippen LogP contribution is -2.23. The van der Waals surface area contributed by atoms with Crippen LogP contribution in [0.25, 0.3) is 0 Å². The van der Waals surface area contributed by atoms with Gasteiger partial charge in [0.25, 0.3) is 0 Å². The molecule has 1 aliphatic rings. The third-order valence-electron chi connectivity index (χ3n) is 2.47. The highest BCUT2D eigenvalue weighted by molar-refractivity contribution is 9.10. The molecule has 0 bridgehead atoms. The molecule has 0 radical (unpaired) electrons. The predicted molar refractivity (Wildman–Crippen MR) is 56.7 cm³/mol. The van der Waals surface area contributed by atoms with Crippen molar-refractivity contribution in [1.29, 1.82) is 0 Å². The number of rotatable bonds is 2. The standard InChI is InChI=1S/C9H12BrNS/c1-6-5-7(10)8(12-6)9(11-2)3-4-9/h5,11H,3-4H2,1-2H3. The Morgan fingerprint density at radius 3 is 2.58 bits per heavy atom. The quantitative estimate of drug-likeness (QED) is 0.845. The molecule has 1 aromatic heterocycles. The number of hydrogen-bond acceptors (Lipinski definition) is 2. The summed E-state index contributed by atoms with van der Waals surface area (Å²) in [6.45, 7) is 2.16. The molecule has 66 valence electrons. The van der Waals surface area contributed by atoms with Crippen molar-refractivity contribution in [1.82, 2.24) is 5.32 Å². The van der Waals surface area contributed by atoms with Crippen LogP contribution in [0.5, 0.6) is 0 Å². The molecular weight excluding hydrogens is 234 g/mol. The first-order valence-electron chi connectivity index (χ1n) is 4.13. The Hall–Kier alpha value is 0.140. The van der Waals surface area contributed by atoms with E-state index in [-0.39, 0.29) is 0 Å². The van der Waals surface area contributed by atoms with Crippen molar-refractivity contribution in [3.8, 4) is 0 Å². The highest BCUT2D eigenvalue weighted by Crippen LogP contribution is 2.50. The van der Waals surface area contributed by atoms with Crippen molar-refractivity contribution in [2.24, 2.45) is 0 Å². The molecule has 0 amide bonds. The molecule has 1 nitrogen and oxygen atoms in total. The van der Waals surface area contributed by atoms with E-state index in [9.17, 15) is 0 Å². The zero-order valence-electron chi connectivity index (χ0n) is 7.28. The van der Waals surface area contributed by atoms with Gasteiger partial charge in [0.15, 0.2) is 0 Å². The van der Waals surface area contributed by atoms with Crippen LogP contribution in [0.15, 0.2) is 10.5 Å². The molecule has 1 aromatic rings. The highest BCUT2D eigenvalue weighted by Gasteiger charge is 2.45. The third kappa shape index (κ3) is 1.24. The number of thiophene rings is 1. The van der Waals surface area contributed by atoms with Crippen LogP contribution in [0, 0.1) is 6.92 Å². The molecular formula is C9H12BrNS. The lowest BCUT2D eigenvalue weighted by molar-refractivity contribution is 0.595. The normalized spacial score (nSPS) is 19.6. The monoisotopic (exact) mass is 245 g/mol. The average molecular weight is 246 g/mol. The number of halogens is 1. The van der Waals surface area contributed by atoms with Gasteiger partial charge in [-0.05, 0) is 48.8 Å². The topological polar surface area (TPSA) is 12.0 Å². The van der Waals surface area contributed by atoms with Crippen LogP contribution in [0.3, 0.4) is 0 Å². The van der Waals surface area contributed by atoms with Gasteiger partial charge in [-0.1, -0.05) is 0 Å². The summed E-state index contributed by atoms with van der Waals surface area (Å²) in [5.74, 6) is 0. The molecule has 2 rings (SSSR count). The first-order chi connectivity index (χ1) is 5.68. The van der Waals surface area contributed by atoms with E-state index in [1.54, 1.807) is 0 Å². The Labute approximate surface area is 85.3 Å². The van der Waals surface area contributed by atoms with Gasteiger partial charge < -0.3 is 5.32 Å². The summed E-state index contributed by atoms with van der Waals surface area (Å²) >= 11 is 5.50. The molecule has 1 fully saturated rings. The van der Waals surface area contributed by atoms with E-state index in [2.05, 4.69) is 41.3 Å². The summed E-state index contributed by atoms with van der Waals surface area (Å²) in [6, 6.07) is 2.21. The lowest BCUT2D eigenvalue weighted by Gasteiger charge is -2.11. The van der Waals surface area contributed by atoms with Crippen LogP contribution in [0.2, 0.25) is 0 Å². The van der Waals surface area contributed by atoms with Gasteiger partial charge in [-0.15, -0.1) is 11.3 Å². The highest BCUT2D eigenvalue weighted by atomic mass is 79.9. The molecule has 0 spiro atoms. The minimum Gasteiger partial charge on any atom is -0.310 e. The maximum atomic E-state index is 3.60. The second kappa shape index (κ2) is 2.82. The van der Waals surface area contributed by atoms with Gasteiger partial charge in [-0.3, -0.25) is 0 Å². The third-order valence-corrected chi connectivity index (χ3v) is 4.62. The minimum atomic E-state index is 0.317. The number of aryl methyl sites for hydroxylation is 1. The van der Waals surface area contributed by atoms with Gasteiger partial charge in [-0.2, -0.15) is 0 Å². The van der Waals surface area contributed by atoms with Gasteiger partial charge in [0.2, 0.25) is 0 Å². The Bertz CT molecular complexity index is 301. The predicted octanol–water partition coefficient (Wildman–Crippen LogP) is 3.03. The van der Waals surface area contributed by atoms with E-state index < -0.39 is 0 Å². The van der Waals surface area contributed by atoms with Crippen molar-refractivity contribution in [3.63, 3.8) is 0 Å². The van der Waals surface area contributed by atoms with Gasteiger partial charge >= 0.3 is 0 Å². The summed E-state index contributed by atoms with van der Waals surface area (Å²) in [5, 5.41) is 3.40. The molecule has 1 saturated carbocycles. The van der Waals surface area contributed by atoms with E-state index in [0.717, 1.165) is 0 Å². The minimum absolute atomic E-state index is 0.317. The van der Waals surface area contributed by atoms with Crippen LogP contribution < -0.4 is 5.32 Å². The second-order valence-corrected chi connectivity index (χ2v) is 5.48. The maximum absolute atomic E-state index is 3.60. The molecule has 1 N–H and O–H groups in total. The summed E-state index contributed by atoms with van der Waals surface area (Å²) in [4.78, 5) is 2.86. The molecule has 1 heterocycles. The zero-order valence-corrected chi connectivity index (χ0v) is 9.68. The molecule has 0 unspecified atom stereocenters. The number of hydrogen-bond donors (Lipinski definition) is 1. The molecule has 12 heavy (non-hydrogen) atoms. The van der Waals surface area contributed by atoms with Crippen LogP contribution in [0.4, 0.5) is 0 Å². The van der Waals surface area contributed by atoms with Crippen LogP contribution >= 0.6 is 27.3 Å². The first-order valence-corrected chi connectivity index (χ1v) is 5.74. The Morgan fingerprint density at radius 2 is 2.25 bits per heavy atom. The lowest BCUT2D eigenvalue weighted by atomic mass is 10.2. The van der Waals surface area contributed by atoms with Gasteiger partial charge in [0.05, 0.1) is 5.54 Å². The van der Waals surface area contributed by atoms with Crippen molar-refractivity contribution >= 4 is 27.3 Å². The van der Waals surface area contributed by atoms with Crippen molar-refractivity contribution < 1.29 is 0 Å².